The van der Waals surface area contributed by atoms with Crippen LogP contribution in [0, 0.1) is 0 Å². The van der Waals surface area contributed by atoms with Crippen molar-refractivity contribution in [3.05, 3.63) is 88.4 Å². The van der Waals surface area contributed by atoms with E-state index < -0.39 is 48.3 Å². The number of benzene rings is 3. The Morgan fingerprint density at radius 3 is 2.27 bits per heavy atom. The molecule has 0 saturated carbocycles. The number of esters is 1. The van der Waals surface area contributed by atoms with Crippen molar-refractivity contribution in [1.82, 2.24) is 20.7 Å². The van der Waals surface area contributed by atoms with Gasteiger partial charge in [-0.3, -0.25) is 24.2 Å². The zero-order valence-corrected chi connectivity index (χ0v) is 27.7. The molecule has 5 rings (SSSR count). The molecule has 2 heterocycles. The van der Waals surface area contributed by atoms with Crippen molar-refractivity contribution in [3.8, 4) is 11.5 Å². The van der Waals surface area contributed by atoms with Gasteiger partial charge in [-0.15, -0.1) is 0 Å². The summed E-state index contributed by atoms with van der Waals surface area (Å²) in [5.74, 6) is -1.63. The number of fused-ring (bicyclic) bond motifs is 1. The Hall–Kier alpha value is -5.14. The molecule has 13 nitrogen and oxygen atoms in total. The van der Waals surface area contributed by atoms with Crippen molar-refractivity contribution in [1.29, 1.82) is 0 Å². The molecule has 3 aromatic carbocycles. The molecule has 49 heavy (non-hydrogen) atoms. The fraction of sp³-hybridized carbons (Fsp3) is 0.294. The molecule has 2 saturated heterocycles. The van der Waals surface area contributed by atoms with Crippen LogP contribution in [0.25, 0.3) is 0 Å². The zero-order valence-electron chi connectivity index (χ0n) is 26.2. The number of hydrazine groups is 1. The molecule has 3 aromatic rings. The monoisotopic (exact) mass is 709 g/mol. The number of halogens is 2. The van der Waals surface area contributed by atoms with E-state index in [1.54, 1.807) is 30.3 Å². The van der Waals surface area contributed by atoms with Crippen LogP contribution in [0.1, 0.15) is 42.5 Å². The molecule has 2 aliphatic rings. The molecule has 5 amide bonds. The number of anilines is 1. The van der Waals surface area contributed by atoms with Gasteiger partial charge < -0.3 is 25.4 Å². The van der Waals surface area contributed by atoms with Crippen molar-refractivity contribution in [3.63, 3.8) is 0 Å². The fourth-order valence-electron chi connectivity index (χ4n) is 5.39. The van der Waals surface area contributed by atoms with Gasteiger partial charge in [-0.25, -0.2) is 14.6 Å². The smallest absolute Gasteiger partial charge is 0.341 e. The van der Waals surface area contributed by atoms with E-state index in [1.165, 1.54) is 17.1 Å². The van der Waals surface area contributed by atoms with E-state index in [1.807, 2.05) is 30.3 Å². The van der Waals surface area contributed by atoms with Crippen molar-refractivity contribution in [2.75, 3.05) is 25.0 Å². The summed E-state index contributed by atoms with van der Waals surface area (Å²) in [5.41, 5.74) is 0.392. The van der Waals surface area contributed by atoms with Gasteiger partial charge >= 0.3 is 12.0 Å². The number of amides is 5. The van der Waals surface area contributed by atoms with E-state index in [4.69, 9.17) is 32.7 Å². The normalized spacial score (nSPS) is 17.3. The number of hydrogen-bond donors (Lipinski definition) is 3. The maximum atomic E-state index is 13.7. The molecule has 0 spiro atoms. The van der Waals surface area contributed by atoms with E-state index in [0.29, 0.717) is 23.6 Å². The summed E-state index contributed by atoms with van der Waals surface area (Å²) in [6, 6.07) is 17.6. The second-order valence-corrected chi connectivity index (χ2v) is 12.1. The Morgan fingerprint density at radius 2 is 1.55 bits per heavy atom. The molecule has 0 aliphatic carbocycles. The molecular weight excluding hydrogens is 677 g/mol. The molecule has 1 unspecified atom stereocenters. The molecule has 0 aromatic heterocycles. The fourth-order valence-corrected chi connectivity index (χ4v) is 5.94. The van der Waals surface area contributed by atoms with Gasteiger partial charge in [0.1, 0.15) is 30.2 Å². The molecular formula is C34H33Cl2N5O8. The van der Waals surface area contributed by atoms with Gasteiger partial charge in [-0.2, -0.15) is 0 Å². The number of nitrogens with zero attached hydrogens (tertiary/aromatic N) is 2. The number of rotatable bonds is 11. The first-order valence-electron chi connectivity index (χ1n) is 15.5. The van der Waals surface area contributed by atoms with Crippen LogP contribution in [0.3, 0.4) is 0 Å². The Balaban J connectivity index is 1.13. The highest BCUT2D eigenvalue weighted by Gasteiger charge is 2.44. The highest BCUT2D eigenvalue weighted by molar-refractivity contribution is 6.39. The Morgan fingerprint density at radius 1 is 0.857 bits per heavy atom. The second kappa shape index (κ2) is 16.3. The third-order valence-electron chi connectivity index (χ3n) is 7.79. The van der Waals surface area contributed by atoms with Crippen LogP contribution >= 0.6 is 23.2 Å². The Labute approximate surface area is 291 Å². The number of urea groups is 1. The van der Waals surface area contributed by atoms with Crippen LogP contribution in [-0.4, -0.2) is 77.3 Å². The summed E-state index contributed by atoms with van der Waals surface area (Å²) in [6.45, 7) is -0.425. The van der Waals surface area contributed by atoms with Gasteiger partial charge in [0, 0.05) is 31.6 Å². The van der Waals surface area contributed by atoms with Crippen molar-refractivity contribution in [2.24, 2.45) is 0 Å². The number of ether oxygens (including phenoxy) is 2. The molecule has 2 fully saturated rings. The summed E-state index contributed by atoms with van der Waals surface area (Å²) >= 11 is 12.0. The number of hydrogen-bond acceptors (Lipinski definition) is 8. The molecule has 15 heteroatoms. The van der Waals surface area contributed by atoms with Crippen LogP contribution in [0.15, 0.2) is 72.8 Å². The molecule has 3 N–H and O–H groups in total. The van der Waals surface area contributed by atoms with Crippen molar-refractivity contribution in [2.45, 2.75) is 44.2 Å². The zero-order chi connectivity index (χ0) is 34.9. The van der Waals surface area contributed by atoms with Gasteiger partial charge in [0.2, 0.25) is 11.8 Å². The molecule has 0 bridgehead atoms. The first-order valence-corrected chi connectivity index (χ1v) is 16.3. The maximum Gasteiger partial charge on any atom is 0.341 e. The van der Waals surface area contributed by atoms with Crippen LogP contribution in [0.4, 0.5) is 10.5 Å². The molecule has 2 aliphatic heterocycles. The largest absolute Gasteiger partial charge is 0.457 e. The average molecular weight is 711 g/mol. The Bertz CT molecular complexity index is 1700. The maximum absolute atomic E-state index is 13.7. The Kier molecular flexibility index (Phi) is 11.7. The lowest BCUT2D eigenvalue weighted by Gasteiger charge is -2.42. The summed E-state index contributed by atoms with van der Waals surface area (Å²) in [6.07, 6.45) is 0.600. The third kappa shape index (κ3) is 9.06. The number of ketones is 1. The van der Waals surface area contributed by atoms with Gasteiger partial charge in [-0.05, 0) is 67.8 Å². The number of nitrogens with one attached hydrogen (secondary N) is 3. The minimum atomic E-state index is -1.08. The molecule has 2 atom stereocenters. The quantitative estimate of drug-likeness (QED) is 0.241. The minimum Gasteiger partial charge on any atom is -0.457 e. The minimum absolute atomic E-state index is 0.0142. The summed E-state index contributed by atoms with van der Waals surface area (Å²) in [5, 5.41) is 10.5. The van der Waals surface area contributed by atoms with E-state index in [2.05, 4.69) is 16.0 Å². The van der Waals surface area contributed by atoms with Gasteiger partial charge in [0.05, 0.1) is 15.6 Å². The summed E-state index contributed by atoms with van der Waals surface area (Å²) < 4.78 is 10.8. The van der Waals surface area contributed by atoms with E-state index >= 15 is 0 Å². The predicted molar refractivity (Wildman–Crippen MR) is 179 cm³/mol. The van der Waals surface area contributed by atoms with Gasteiger partial charge in [0.15, 0.2) is 5.78 Å². The standard InChI is InChI=1S/C34H33Cl2N5O8/c35-25-8-4-9-26(36)30(25)33(46)48-20-22(42)17-18-37-31(44)28-10-5-19-40-29(43)16-15-27(32(45)41(28)40)39-34(47)38-21-11-13-24(14-12-21)49-23-6-2-1-3-7-23/h1-4,6-9,11-14,27-28H,5,10,15-20H2,(H,37,44)(H2,38,39,47)/t27?,28-/m0/s1. The van der Waals surface area contributed by atoms with E-state index in [9.17, 15) is 28.8 Å². The van der Waals surface area contributed by atoms with Gasteiger partial charge in [-0.1, -0.05) is 47.5 Å². The molecule has 256 valence electrons. The average Bonchev–Trinajstić information content (AvgIpc) is 3.20. The lowest BCUT2D eigenvalue weighted by Crippen LogP contribution is -2.63. The lowest BCUT2D eigenvalue weighted by molar-refractivity contribution is -0.175. The predicted octanol–water partition coefficient (Wildman–Crippen LogP) is 4.74. The topological polar surface area (TPSA) is 163 Å². The highest BCUT2D eigenvalue weighted by atomic mass is 35.5. The van der Waals surface area contributed by atoms with Gasteiger partial charge in [0.25, 0.3) is 5.91 Å². The number of Topliss-reactive ketones (excluding diaryl/α,β-unsaturated/α-hetero) is 1. The lowest BCUT2D eigenvalue weighted by atomic mass is 10.1. The van der Waals surface area contributed by atoms with Crippen LogP contribution in [0.2, 0.25) is 10.0 Å². The molecule has 0 radical (unpaired) electrons. The first kappa shape index (κ1) is 35.2. The second-order valence-electron chi connectivity index (χ2n) is 11.2. The first-order chi connectivity index (χ1) is 23.6. The third-order valence-corrected chi connectivity index (χ3v) is 8.42. The summed E-state index contributed by atoms with van der Waals surface area (Å²) in [7, 11) is 0. The van der Waals surface area contributed by atoms with E-state index in [0.717, 1.165) is 5.01 Å². The van der Waals surface area contributed by atoms with Crippen molar-refractivity contribution < 1.29 is 38.2 Å². The van der Waals surface area contributed by atoms with Crippen LogP contribution < -0.4 is 20.7 Å². The van der Waals surface area contributed by atoms with Crippen molar-refractivity contribution >= 4 is 64.4 Å². The highest BCUT2D eigenvalue weighted by Crippen LogP contribution is 2.27. The number of carbonyl (C=O) groups is 6. The summed E-state index contributed by atoms with van der Waals surface area (Å²) in [4.78, 5) is 77.6. The van der Waals surface area contributed by atoms with Crippen LogP contribution in [0.5, 0.6) is 11.5 Å². The van der Waals surface area contributed by atoms with E-state index in [-0.39, 0.29) is 60.3 Å². The number of para-hydroxylation sites is 1. The van der Waals surface area contributed by atoms with Crippen LogP contribution in [-0.2, 0) is 23.9 Å². The number of carbonyl (C=O) groups excluding carboxylic acids is 6. The SMILES string of the molecule is O=C(CCNC(=O)[C@@H]1CCCN2C(=O)CCC(NC(=O)Nc3ccc(Oc4ccccc4)cc3)C(=O)N12)COC(=O)c1c(Cl)cccc1Cl.